The van der Waals surface area contributed by atoms with Gasteiger partial charge in [-0.1, -0.05) is 17.7 Å². The van der Waals surface area contributed by atoms with Gasteiger partial charge < -0.3 is 14.4 Å². The predicted molar refractivity (Wildman–Crippen MR) is 140 cm³/mol. The summed E-state index contributed by atoms with van der Waals surface area (Å²) in [6.45, 7) is 3.86. The Morgan fingerprint density at radius 3 is 2.56 bits per heavy atom. The molecule has 2 fully saturated rings. The number of piperazine rings is 1. The van der Waals surface area contributed by atoms with Gasteiger partial charge in [-0.15, -0.1) is 0 Å². The standard InChI is InChI=1S/C27H28ClF3N4O4/c1-15-2-3-17(8-21(15)29)39-14-16(36)12-33-4-6-34(7-5-33)32-27(38)19-13-35(25-11-23(25)31)24-10-20(28)22(30)9-18(24)26(19)37/h2-3,8-10,13,16,23,25,36H,4-7,11-12,14H2,1H3,(H,32,38). The molecule has 3 aromatic rings. The van der Waals surface area contributed by atoms with E-state index in [0.29, 0.717) is 44.0 Å². The predicted octanol–water partition coefficient (Wildman–Crippen LogP) is 3.23. The molecular weight excluding hydrogens is 537 g/mol. The molecule has 12 heteroatoms. The molecule has 1 saturated heterocycles. The van der Waals surface area contributed by atoms with Crippen LogP contribution in [0.3, 0.4) is 0 Å². The van der Waals surface area contributed by atoms with Crippen LogP contribution >= 0.6 is 11.6 Å². The zero-order chi connectivity index (χ0) is 27.8. The summed E-state index contributed by atoms with van der Waals surface area (Å²) in [5.41, 5.74) is 2.61. The van der Waals surface area contributed by atoms with Gasteiger partial charge in [0.25, 0.3) is 5.91 Å². The van der Waals surface area contributed by atoms with Crippen LogP contribution in [0.4, 0.5) is 13.2 Å². The number of hydrazine groups is 1. The van der Waals surface area contributed by atoms with Gasteiger partial charge in [0, 0.05) is 56.8 Å². The number of carbonyl (C=O) groups is 1. The van der Waals surface area contributed by atoms with Crippen LogP contribution in [-0.4, -0.2) is 77.1 Å². The van der Waals surface area contributed by atoms with E-state index in [4.69, 9.17) is 16.3 Å². The second-order valence-electron chi connectivity index (χ2n) is 9.99. The molecule has 1 saturated carbocycles. The molecule has 5 rings (SSSR count). The summed E-state index contributed by atoms with van der Waals surface area (Å²) < 4.78 is 48.7. The highest BCUT2D eigenvalue weighted by Gasteiger charge is 2.40. The zero-order valence-corrected chi connectivity index (χ0v) is 21.9. The lowest BCUT2D eigenvalue weighted by atomic mass is 10.1. The SMILES string of the molecule is Cc1ccc(OCC(O)CN2CCN(NC(=O)c3cn(C4CC4F)c4cc(Cl)c(F)cc4c3=O)CC2)cc1F. The minimum atomic E-state index is -1.12. The molecule has 3 unspecified atom stereocenters. The van der Waals surface area contributed by atoms with E-state index in [1.54, 1.807) is 24.1 Å². The third-order valence-electron chi connectivity index (χ3n) is 7.04. The lowest BCUT2D eigenvalue weighted by molar-refractivity contribution is 0.0316. The number of halogens is 4. The van der Waals surface area contributed by atoms with Crippen molar-refractivity contribution in [2.75, 3.05) is 39.3 Å². The molecule has 0 bridgehead atoms. The molecule has 2 aromatic carbocycles. The Bertz CT molecular complexity index is 1460. The summed E-state index contributed by atoms with van der Waals surface area (Å²) in [4.78, 5) is 28.1. The molecule has 0 radical (unpaired) electrons. The van der Waals surface area contributed by atoms with E-state index < -0.39 is 35.5 Å². The largest absolute Gasteiger partial charge is 0.491 e. The van der Waals surface area contributed by atoms with Crippen molar-refractivity contribution in [2.45, 2.75) is 31.7 Å². The number of ether oxygens (including phenoxy) is 1. The lowest BCUT2D eigenvalue weighted by Gasteiger charge is -2.35. The maximum absolute atomic E-state index is 14.1. The van der Waals surface area contributed by atoms with Crippen LogP contribution in [0, 0.1) is 18.6 Å². The fraction of sp³-hybridized carbons (Fsp3) is 0.407. The van der Waals surface area contributed by atoms with Gasteiger partial charge in [0.15, 0.2) is 0 Å². The Labute approximate surface area is 227 Å². The fourth-order valence-electron chi connectivity index (χ4n) is 4.67. The average Bonchev–Trinajstić information content (AvgIpc) is 3.63. The number of benzene rings is 2. The summed E-state index contributed by atoms with van der Waals surface area (Å²) in [5.74, 6) is -1.51. The molecule has 1 aliphatic heterocycles. The van der Waals surface area contributed by atoms with Crippen molar-refractivity contribution in [2.24, 2.45) is 0 Å². The molecule has 2 aliphatic rings. The van der Waals surface area contributed by atoms with Crippen LogP contribution in [0.25, 0.3) is 10.9 Å². The van der Waals surface area contributed by atoms with E-state index in [-0.39, 0.29) is 40.3 Å². The second kappa shape index (κ2) is 11.2. The number of carbonyl (C=O) groups excluding carboxylic acids is 1. The number of nitrogens with zero attached hydrogens (tertiary/aromatic N) is 3. The highest BCUT2D eigenvalue weighted by Crippen LogP contribution is 2.41. The van der Waals surface area contributed by atoms with E-state index >= 15 is 0 Å². The van der Waals surface area contributed by atoms with Crippen molar-refractivity contribution in [1.82, 2.24) is 19.9 Å². The van der Waals surface area contributed by atoms with Gasteiger partial charge in [-0.05, 0) is 30.7 Å². The van der Waals surface area contributed by atoms with Crippen molar-refractivity contribution in [3.8, 4) is 5.75 Å². The van der Waals surface area contributed by atoms with Gasteiger partial charge in [-0.2, -0.15) is 0 Å². The molecule has 208 valence electrons. The summed E-state index contributed by atoms with van der Waals surface area (Å²) in [5, 5.41) is 11.8. The maximum atomic E-state index is 14.1. The van der Waals surface area contributed by atoms with Crippen molar-refractivity contribution >= 4 is 28.4 Å². The number of pyridine rings is 1. The van der Waals surface area contributed by atoms with Crippen LogP contribution in [0.2, 0.25) is 5.02 Å². The first-order valence-electron chi connectivity index (χ1n) is 12.6. The van der Waals surface area contributed by atoms with Gasteiger partial charge in [-0.25, -0.2) is 18.2 Å². The Hall–Kier alpha value is -3.12. The molecule has 2 heterocycles. The number of fused-ring (bicyclic) bond motifs is 1. The Morgan fingerprint density at radius 1 is 1.18 bits per heavy atom. The van der Waals surface area contributed by atoms with E-state index in [2.05, 4.69) is 5.43 Å². The number of rotatable bonds is 8. The van der Waals surface area contributed by atoms with E-state index in [1.165, 1.54) is 22.9 Å². The number of β-amino-alcohol motifs (C(OH)–C–C–N with tert-alkyl or cyclic N) is 1. The molecule has 1 aliphatic carbocycles. The highest BCUT2D eigenvalue weighted by molar-refractivity contribution is 6.31. The minimum Gasteiger partial charge on any atom is -0.491 e. The smallest absolute Gasteiger partial charge is 0.271 e. The van der Waals surface area contributed by atoms with Crippen molar-refractivity contribution in [1.29, 1.82) is 0 Å². The average molecular weight is 565 g/mol. The summed E-state index contributed by atoms with van der Waals surface area (Å²) in [7, 11) is 0. The van der Waals surface area contributed by atoms with Crippen LogP contribution in [-0.2, 0) is 0 Å². The Morgan fingerprint density at radius 2 is 1.90 bits per heavy atom. The van der Waals surface area contributed by atoms with Crippen LogP contribution in [0.1, 0.15) is 28.4 Å². The number of nitrogens with one attached hydrogen (secondary N) is 1. The summed E-state index contributed by atoms with van der Waals surface area (Å²) in [6.07, 6.45) is -0.385. The number of amides is 1. The van der Waals surface area contributed by atoms with Gasteiger partial charge >= 0.3 is 0 Å². The topological polar surface area (TPSA) is 87.0 Å². The van der Waals surface area contributed by atoms with Crippen molar-refractivity contribution in [3.05, 3.63) is 74.5 Å². The van der Waals surface area contributed by atoms with Gasteiger partial charge in [0.1, 0.15) is 41.8 Å². The molecule has 0 spiro atoms. The summed E-state index contributed by atoms with van der Waals surface area (Å²) >= 11 is 5.89. The van der Waals surface area contributed by atoms with Gasteiger partial charge in [0.2, 0.25) is 5.43 Å². The first-order chi connectivity index (χ1) is 18.6. The van der Waals surface area contributed by atoms with Gasteiger partial charge in [0.05, 0.1) is 16.6 Å². The molecular formula is C27H28ClF3N4O4. The van der Waals surface area contributed by atoms with Crippen LogP contribution < -0.4 is 15.6 Å². The van der Waals surface area contributed by atoms with E-state index in [0.717, 1.165) is 6.07 Å². The minimum absolute atomic E-state index is 0.000227. The van der Waals surface area contributed by atoms with E-state index in [9.17, 15) is 27.9 Å². The molecule has 2 N–H and O–H groups in total. The first-order valence-corrected chi connectivity index (χ1v) is 13.0. The van der Waals surface area contributed by atoms with Gasteiger partial charge in [-0.3, -0.25) is 19.9 Å². The van der Waals surface area contributed by atoms with E-state index in [1.807, 2.05) is 4.90 Å². The Kier molecular flexibility index (Phi) is 7.86. The molecule has 39 heavy (non-hydrogen) atoms. The number of hydrogen-bond acceptors (Lipinski definition) is 6. The van der Waals surface area contributed by atoms with Crippen molar-refractivity contribution < 1.29 is 27.8 Å². The third kappa shape index (κ3) is 6.06. The molecule has 8 nitrogen and oxygen atoms in total. The first kappa shape index (κ1) is 27.4. The Balaban J connectivity index is 1.18. The van der Waals surface area contributed by atoms with Crippen molar-refractivity contribution in [3.63, 3.8) is 0 Å². The maximum Gasteiger partial charge on any atom is 0.271 e. The monoisotopic (exact) mass is 564 g/mol. The fourth-order valence-corrected chi connectivity index (χ4v) is 4.83. The lowest BCUT2D eigenvalue weighted by Crippen LogP contribution is -2.55. The number of aliphatic hydroxyl groups is 1. The van der Waals surface area contributed by atoms with Crippen LogP contribution in [0.15, 0.2) is 41.3 Å². The highest BCUT2D eigenvalue weighted by atomic mass is 35.5. The molecule has 1 amide bonds. The number of alkyl halides is 1. The van der Waals surface area contributed by atoms with Crippen LogP contribution in [0.5, 0.6) is 5.75 Å². The zero-order valence-electron chi connectivity index (χ0n) is 21.2. The normalized spacial score (nSPS) is 20.7. The third-order valence-corrected chi connectivity index (χ3v) is 7.33. The number of aryl methyl sites for hydroxylation is 1. The number of aliphatic hydroxyl groups excluding tert-OH is 1. The molecule has 1 aromatic heterocycles. The number of aromatic nitrogens is 1. The number of hydrogen-bond donors (Lipinski definition) is 2. The second-order valence-corrected chi connectivity index (χ2v) is 10.4. The summed E-state index contributed by atoms with van der Waals surface area (Å²) in [6, 6.07) is 6.23. The quantitative estimate of drug-likeness (QED) is 0.437. The molecule has 3 atom stereocenters.